The lowest BCUT2D eigenvalue weighted by Gasteiger charge is -2.25. The zero-order valence-corrected chi connectivity index (χ0v) is 13.3. The molecule has 1 aromatic rings. The summed E-state index contributed by atoms with van der Waals surface area (Å²) < 4.78 is 28.3. The van der Waals surface area contributed by atoms with Crippen LogP contribution in [0.1, 0.15) is 37.7 Å². The number of carbonyl (C=O) groups excluding carboxylic acids is 1. The molecule has 7 heteroatoms. The van der Waals surface area contributed by atoms with Crippen LogP contribution in [0.5, 0.6) is 5.75 Å². The van der Waals surface area contributed by atoms with E-state index in [2.05, 4.69) is 5.32 Å². The van der Waals surface area contributed by atoms with Crippen molar-refractivity contribution in [2.75, 3.05) is 13.2 Å². The number of ether oxygens (including phenoxy) is 1. The lowest BCUT2D eigenvalue weighted by Crippen LogP contribution is -2.33. The Kier molecular flexibility index (Phi) is 5.11. The average Bonchev–Trinajstić information content (AvgIpc) is 2.45. The molecule has 0 radical (unpaired) electrons. The number of nitrogens with one attached hydrogen (secondary N) is 1. The summed E-state index contributed by atoms with van der Waals surface area (Å²) in [5, 5.41) is 2.88. The first-order chi connectivity index (χ1) is 9.93. The first-order valence-corrected chi connectivity index (χ1v) is 9.23. The highest BCUT2D eigenvalue weighted by Gasteiger charge is 2.29. The van der Waals surface area contributed by atoms with Gasteiger partial charge in [0.25, 0.3) is 9.05 Å². The van der Waals surface area contributed by atoms with Crippen molar-refractivity contribution in [2.45, 2.75) is 37.0 Å². The fourth-order valence-corrected chi connectivity index (χ4v) is 3.09. The molecule has 0 fully saturated rings. The van der Waals surface area contributed by atoms with E-state index in [1.165, 1.54) is 12.1 Å². The van der Waals surface area contributed by atoms with E-state index in [4.69, 9.17) is 15.4 Å². The van der Waals surface area contributed by atoms with Gasteiger partial charge in [-0.15, -0.1) is 0 Å². The fraction of sp³-hybridized carbons (Fsp3) is 0.500. The SMILES string of the molecule is CCCCNC(=O)C1CCOc2ccc(S(=O)(=O)Cl)cc21. The topological polar surface area (TPSA) is 72.5 Å². The predicted molar refractivity (Wildman–Crippen MR) is 80.3 cm³/mol. The summed E-state index contributed by atoms with van der Waals surface area (Å²) in [6, 6.07) is 4.37. The van der Waals surface area contributed by atoms with Gasteiger partial charge in [-0.2, -0.15) is 0 Å². The van der Waals surface area contributed by atoms with Crippen LogP contribution in [-0.4, -0.2) is 27.5 Å². The van der Waals surface area contributed by atoms with Gasteiger partial charge in [-0.05, 0) is 31.0 Å². The van der Waals surface area contributed by atoms with Crippen molar-refractivity contribution < 1.29 is 17.9 Å². The predicted octanol–water partition coefficient (Wildman–Crippen LogP) is 2.40. The Morgan fingerprint density at radius 2 is 2.24 bits per heavy atom. The van der Waals surface area contributed by atoms with Crippen LogP contribution in [-0.2, 0) is 13.8 Å². The number of halogens is 1. The highest BCUT2D eigenvalue weighted by Crippen LogP contribution is 2.36. The summed E-state index contributed by atoms with van der Waals surface area (Å²) in [5.41, 5.74) is 0.581. The first kappa shape index (κ1) is 16.1. The lowest BCUT2D eigenvalue weighted by atomic mass is 9.92. The first-order valence-electron chi connectivity index (χ1n) is 6.92. The third kappa shape index (κ3) is 3.89. The number of benzene rings is 1. The van der Waals surface area contributed by atoms with Gasteiger partial charge in [-0.3, -0.25) is 4.79 Å². The molecule has 2 rings (SSSR count). The lowest BCUT2D eigenvalue weighted by molar-refractivity contribution is -0.123. The molecule has 1 aliphatic rings. The van der Waals surface area contributed by atoms with Crippen LogP contribution in [0.25, 0.3) is 0 Å². The van der Waals surface area contributed by atoms with Crippen molar-refractivity contribution in [3.8, 4) is 5.75 Å². The van der Waals surface area contributed by atoms with Crippen molar-refractivity contribution >= 4 is 25.6 Å². The van der Waals surface area contributed by atoms with Gasteiger partial charge in [0.2, 0.25) is 5.91 Å². The number of fused-ring (bicyclic) bond motifs is 1. The molecule has 0 aromatic heterocycles. The highest BCUT2D eigenvalue weighted by molar-refractivity contribution is 8.13. The smallest absolute Gasteiger partial charge is 0.261 e. The van der Waals surface area contributed by atoms with Crippen molar-refractivity contribution in [2.24, 2.45) is 0 Å². The van der Waals surface area contributed by atoms with Gasteiger partial charge in [-0.25, -0.2) is 8.42 Å². The summed E-state index contributed by atoms with van der Waals surface area (Å²) in [7, 11) is 1.54. The van der Waals surface area contributed by atoms with Crippen molar-refractivity contribution in [1.29, 1.82) is 0 Å². The summed E-state index contributed by atoms with van der Waals surface area (Å²) in [4.78, 5) is 12.2. The largest absolute Gasteiger partial charge is 0.493 e. The summed E-state index contributed by atoms with van der Waals surface area (Å²) in [6.07, 6.45) is 2.44. The average molecular weight is 332 g/mol. The zero-order chi connectivity index (χ0) is 15.5. The molecule has 1 aromatic carbocycles. The van der Waals surface area contributed by atoms with Crippen LogP contribution < -0.4 is 10.1 Å². The number of hydrogen-bond acceptors (Lipinski definition) is 4. The van der Waals surface area contributed by atoms with E-state index in [-0.39, 0.29) is 10.8 Å². The molecule has 0 saturated carbocycles. The van der Waals surface area contributed by atoms with Crippen molar-refractivity contribution in [1.82, 2.24) is 5.32 Å². The van der Waals surface area contributed by atoms with E-state index in [0.717, 1.165) is 12.8 Å². The van der Waals surface area contributed by atoms with E-state index >= 15 is 0 Å². The van der Waals surface area contributed by atoms with Gasteiger partial charge in [-0.1, -0.05) is 13.3 Å². The number of rotatable bonds is 5. The van der Waals surface area contributed by atoms with E-state index in [9.17, 15) is 13.2 Å². The molecular weight excluding hydrogens is 314 g/mol. The monoisotopic (exact) mass is 331 g/mol. The minimum atomic E-state index is -3.82. The molecule has 0 spiro atoms. The molecule has 116 valence electrons. The Morgan fingerprint density at radius 1 is 1.48 bits per heavy atom. The minimum absolute atomic E-state index is 0.0141. The van der Waals surface area contributed by atoms with Gasteiger partial charge >= 0.3 is 0 Å². The van der Waals surface area contributed by atoms with E-state index in [1.54, 1.807) is 6.07 Å². The third-order valence-electron chi connectivity index (χ3n) is 3.45. The molecule has 5 nitrogen and oxygen atoms in total. The van der Waals surface area contributed by atoms with Crippen LogP contribution in [0.2, 0.25) is 0 Å². The second kappa shape index (κ2) is 6.66. The van der Waals surface area contributed by atoms with Crippen LogP contribution in [0, 0.1) is 0 Å². The number of unbranched alkanes of at least 4 members (excludes halogenated alkanes) is 1. The number of carbonyl (C=O) groups is 1. The molecule has 1 atom stereocenters. The summed E-state index contributed by atoms with van der Waals surface area (Å²) >= 11 is 0. The Balaban J connectivity index is 2.26. The molecule has 1 amide bonds. The van der Waals surface area contributed by atoms with Crippen molar-refractivity contribution in [3.63, 3.8) is 0 Å². The van der Waals surface area contributed by atoms with Gasteiger partial charge in [0, 0.05) is 22.8 Å². The molecule has 0 bridgehead atoms. The molecule has 0 aliphatic carbocycles. The Labute approximate surface area is 129 Å². The maximum Gasteiger partial charge on any atom is 0.261 e. The van der Waals surface area contributed by atoms with Gasteiger partial charge in [0.15, 0.2) is 0 Å². The number of amides is 1. The van der Waals surface area contributed by atoms with E-state index < -0.39 is 15.0 Å². The maximum absolute atomic E-state index is 12.2. The summed E-state index contributed by atoms with van der Waals surface area (Å²) in [6.45, 7) is 3.11. The number of hydrogen-bond donors (Lipinski definition) is 1. The normalized spacial score (nSPS) is 17.7. The minimum Gasteiger partial charge on any atom is -0.493 e. The molecule has 21 heavy (non-hydrogen) atoms. The van der Waals surface area contributed by atoms with Gasteiger partial charge in [0.1, 0.15) is 5.75 Å². The molecule has 1 heterocycles. The van der Waals surface area contributed by atoms with Crippen LogP contribution >= 0.6 is 10.7 Å². The highest BCUT2D eigenvalue weighted by atomic mass is 35.7. The molecule has 1 aliphatic heterocycles. The van der Waals surface area contributed by atoms with Crippen LogP contribution in [0.15, 0.2) is 23.1 Å². The van der Waals surface area contributed by atoms with E-state index in [0.29, 0.717) is 30.9 Å². The van der Waals surface area contributed by atoms with Gasteiger partial charge in [0.05, 0.1) is 17.4 Å². The Bertz CT molecular complexity index is 630. The van der Waals surface area contributed by atoms with Crippen molar-refractivity contribution in [3.05, 3.63) is 23.8 Å². The Hall–Kier alpha value is -1.27. The zero-order valence-electron chi connectivity index (χ0n) is 11.8. The summed E-state index contributed by atoms with van der Waals surface area (Å²) in [5.74, 6) is 0.0436. The van der Waals surface area contributed by atoms with Crippen LogP contribution in [0.3, 0.4) is 0 Å². The second-order valence-corrected chi connectivity index (χ2v) is 7.54. The third-order valence-corrected chi connectivity index (χ3v) is 4.80. The Morgan fingerprint density at radius 3 is 2.90 bits per heavy atom. The van der Waals surface area contributed by atoms with E-state index in [1.807, 2.05) is 6.92 Å². The molecule has 1 N–H and O–H groups in total. The molecule has 0 saturated heterocycles. The molecule has 1 unspecified atom stereocenters. The van der Waals surface area contributed by atoms with Crippen LogP contribution in [0.4, 0.5) is 0 Å². The molecular formula is C14H18ClNO4S. The maximum atomic E-state index is 12.2. The quantitative estimate of drug-likeness (QED) is 0.664. The fourth-order valence-electron chi connectivity index (χ4n) is 2.31. The second-order valence-electron chi connectivity index (χ2n) is 4.97. The standard InChI is InChI=1S/C14H18ClNO4S/c1-2-3-7-16-14(17)11-6-8-20-13-5-4-10(9-12(11)13)21(15,18)19/h4-5,9,11H,2-3,6-8H2,1H3,(H,16,17). The van der Waals surface area contributed by atoms with Gasteiger partial charge < -0.3 is 10.1 Å².